The van der Waals surface area contributed by atoms with E-state index in [2.05, 4.69) is 224 Å². The zero-order chi connectivity index (χ0) is 46.7. The molecule has 338 valence electrons. The van der Waals surface area contributed by atoms with Gasteiger partial charge < -0.3 is 9.80 Å². The number of halogens is 1. The maximum Gasteiger partial charge on any atom is 0.0887 e. The SMILES string of the molecule is CC(C)(C)c1ccc(N(c2cc(C(C)(C)C)cc(N(c3ccc4c(c3)C(C)(C)CCC4(C)C)c3ccc4c(c3)C(C)(C)CCC4(C)C)c2Cl)c2csc3ccc(C(C)(C)C)cc23)cc1. The second-order valence-corrected chi connectivity index (χ2v) is 26.4. The Morgan fingerprint density at radius 2 is 0.828 bits per heavy atom. The first-order chi connectivity index (χ1) is 29.5. The largest absolute Gasteiger partial charge is 0.309 e. The smallest absolute Gasteiger partial charge is 0.0887 e. The van der Waals surface area contributed by atoms with E-state index in [-0.39, 0.29) is 37.9 Å². The highest BCUT2D eigenvalue weighted by atomic mass is 35.5. The molecule has 0 spiro atoms. The molecule has 0 radical (unpaired) electrons. The van der Waals surface area contributed by atoms with E-state index >= 15 is 0 Å². The minimum Gasteiger partial charge on any atom is -0.309 e. The van der Waals surface area contributed by atoms with Crippen LogP contribution in [0.5, 0.6) is 0 Å². The molecule has 0 aliphatic heterocycles. The molecule has 64 heavy (non-hydrogen) atoms. The summed E-state index contributed by atoms with van der Waals surface area (Å²) >= 11 is 10.1. The lowest BCUT2D eigenvalue weighted by Gasteiger charge is -2.43. The fourth-order valence-electron chi connectivity index (χ4n) is 10.4. The molecule has 6 aromatic rings. The molecule has 0 saturated carbocycles. The Labute approximate surface area is 396 Å². The van der Waals surface area contributed by atoms with Crippen molar-refractivity contribution in [1.82, 2.24) is 0 Å². The van der Waals surface area contributed by atoms with Gasteiger partial charge >= 0.3 is 0 Å². The average Bonchev–Trinajstić information content (AvgIpc) is 3.62. The summed E-state index contributed by atoms with van der Waals surface area (Å²) in [6.45, 7) is 40.2. The van der Waals surface area contributed by atoms with Gasteiger partial charge in [0.15, 0.2) is 0 Å². The Bertz CT molecular complexity index is 2660. The minimum atomic E-state index is -0.179. The summed E-state index contributed by atoms with van der Waals surface area (Å²) in [5.74, 6) is 0. The van der Waals surface area contributed by atoms with Gasteiger partial charge in [-0.05, 0) is 163 Å². The molecule has 2 aliphatic rings. The molecule has 5 aromatic carbocycles. The van der Waals surface area contributed by atoms with Crippen molar-refractivity contribution in [2.75, 3.05) is 9.80 Å². The molecule has 0 N–H and O–H groups in total. The molecule has 2 nitrogen and oxygen atoms in total. The summed E-state index contributed by atoms with van der Waals surface area (Å²) in [5, 5.41) is 4.31. The summed E-state index contributed by atoms with van der Waals surface area (Å²) in [4.78, 5) is 4.95. The molecule has 0 unspecified atom stereocenters. The summed E-state index contributed by atoms with van der Waals surface area (Å²) in [6, 6.07) is 35.6. The van der Waals surface area contributed by atoms with Crippen molar-refractivity contribution in [3.8, 4) is 0 Å². The van der Waals surface area contributed by atoms with Gasteiger partial charge in [0, 0.05) is 32.5 Å². The first-order valence-corrected chi connectivity index (χ1v) is 25.1. The Hall–Kier alpha value is -4.05. The van der Waals surface area contributed by atoms with Crippen LogP contribution in [0.1, 0.15) is 182 Å². The third-order valence-corrected chi connectivity index (χ3v) is 16.6. The Morgan fingerprint density at radius 3 is 1.28 bits per heavy atom. The predicted octanol–water partition coefficient (Wildman–Crippen LogP) is 19.1. The Kier molecular flexibility index (Phi) is 11.3. The molecule has 1 heterocycles. The van der Waals surface area contributed by atoms with E-state index in [0.717, 1.165) is 52.0 Å². The van der Waals surface area contributed by atoms with Gasteiger partial charge in [0.2, 0.25) is 0 Å². The minimum absolute atomic E-state index is 0.00135. The number of fused-ring (bicyclic) bond motifs is 3. The van der Waals surface area contributed by atoms with Crippen LogP contribution in [0, 0.1) is 0 Å². The van der Waals surface area contributed by atoms with Gasteiger partial charge in [0.25, 0.3) is 0 Å². The molecular formula is C60H75ClN2S. The highest BCUT2D eigenvalue weighted by Gasteiger charge is 2.40. The van der Waals surface area contributed by atoms with E-state index in [0.29, 0.717) is 0 Å². The lowest BCUT2D eigenvalue weighted by molar-refractivity contribution is 0.332. The zero-order valence-electron chi connectivity index (χ0n) is 42.2. The number of rotatable bonds is 6. The second kappa shape index (κ2) is 15.5. The van der Waals surface area contributed by atoms with Crippen molar-refractivity contribution >= 4 is 67.1 Å². The monoisotopic (exact) mass is 891 g/mol. The lowest BCUT2D eigenvalue weighted by Crippen LogP contribution is -2.34. The van der Waals surface area contributed by atoms with Crippen LogP contribution in [0.2, 0.25) is 5.02 Å². The fourth-order valence-corrected chi connectivity index (χ4v) is 11.6. The molecular weight excluding hydrogens is 816 g/mol. The van der Waals surface area contributed by atoms with E-state index in [1.165, 1.54) is 61.9 Å². The van der Waals surface area contributed by atoms with E-state index < -0.39 is 0 Å². The van der Waals surface area contributed by atoms with Crippen LogP contribution in [0.4, 0.5) is 34.1 Å². The van der Waals surface area contributed by atoms with Crippen LogP contribution in [0.3, 0.4) is 0 Å². The molecule has 1 aromatic heterocycles. The van der Waals surface area contributed by atoms with Crippen LogP contribution in [0.25, 0.3) is 10.1 Å². The predicted molar refractivity (Wildman–Crippen MR) is 283 cm³/mol. The molecule has 2 aliphatic carbocycles. The van der Waals surface area contributed by atoms with Gasteiger partial charge in [0.05, 0.1) is 22.1 Å². The van der Waals surface area contributed by atoms with Crippen molar-refractivity contribution < 1.29 is 0 Å². The topological polar surface area (TPSA) is 6.48 Å². The standard InChI is InChI=1S/C60H75ClN2S/c1-54(2,3)38-18-21-41(22-19-38)63(51-37-64-52-27-20-39(32-44(51)52)55(4,5)6)50-34-40(56(7,8)9)33-49(53(50)61)62(42-23-25-45-47(35-42)59(14,15)30-28-57(45,10)11)43-24-26-46-48(36-43)60(16,17)31-29-58(46,12)13/h18-27,32-37H,28-31H2,1-17H3. The van der Waals surface area contributed by atoms with Gasteiger partial charge in [0.1, 0.15) is 0 Å². The van der Waals surface area contributed by atoms with Gasteiger partial charge in [-0.1, -0.05) is 160 Å². The van der Waals surface area contributed by atoms with Gasteiger partial charge in [-0.25, -0.2) is 0 Å². The maximum absolute atomic E-state index is 8.26. The number of hydrogen-bond acceptors (Lipinski definition) is 3. The van der Waals surface area contributed by atoms with Gasteiger partial charge in [-0.3, -0.25) is 0 Å². The van der Waals surface area contributed by atoms with E-state index in [1.54, 1.807) is 0 Å². The van der Waals surface area contributed by atoms with Crippen molar-refractivity contribution in [3.63, 3.8) is 0 Å². The molecule has 0 saturated heterocycles. The molecule has 4 heteroatoms. The number of hydrogen-bond donors (Lipinski definition) is 0. The van der Waals surface area contributed by atoms with Crippen molar-refractivity contribution in [3.05, 3.63) is 140 Å². The van der Waals surface area contributed by atoms with Crippen molar-refractivity contribution in [2.24, 2.45) is 0 Å². The zero-order valence-corrected chi connectivity index (χ0v) is 43.8. The first-order valence-electron chi connectivity index (χ1n) is 23.9. The van der Waals surface area contributed by atoms with Crippen LogP contribution in [0.15, 0.2) is 96.4 Å². The maximum atomic E-state index is 8.26. The van der Waals surface area contributed by atoms with Crippen LogP contribution in [-0.4, -0.2) is 0 Å². The second-order valence-electron chi connectivity index (χ2n) is 25.1. The molecule has 0 atom stereocenters. The summed E-state index contributed by atoms with van der Waals surface area (Å²) < 4.78 is 1.27. The number of benzene rings is 5. The van der Waals surface area contributed by atoms with Gasteiger partial charge in [-0.2, -0.15) is 0 Å². The first kappa shape index (κ1) is 46.5. The third kappa shape index (κ3) is 8.36. The quantitative estimate of drug-likeness (QED) is 0.164. The summed E-state index contributed by atoms with van der Waals surface area (Å²) in [7, 11) is 0. The number of anilines is 6. The number of thiophene rings is 1. The summed E-state index contributed by atoms with van der Waals surface area (Å²) in [6.07, 6.45) is 4.65. The normalized spacial score (nSPS) is 17.8. The van der Waals surface area contributed by atoms with E-state index in [4.69, 9.17) is 11.6 Å². The van der Waals surface area contributed by atoms with Crippen LogP contribution >= 0.6 is 22.9 Å². The highest BCUT2D eigenvalue weighted by molar-refractivity contribution is 7.17. The van der Waals surface area contributed by atoms with Crippen molar-refractivity contribution in [1.29, 1.82) is 0 Å². The Balaban J connectivity index is 1.46. The molecule has 0 bridgehead atoms. The van der Waals surface area contributed by atoms with Crippen LogP contribution in [-0.2, 0) is 37.9 Å². The van der Waals surface area contributed by atoms with Gasteiger partial charge in [-0.15, -0.1) is 11.3 Å². The van der Waals surface area contributed by atoms with Crippen LogP contribution < -0.4 is 9.80 Å². The average molecular weight is 892 g/mol. The summed E-state index contributed by atoms with van der Waals surface area (Å²) in [5.41, 5.74) is 16.3. The highest BCUT2D eigenvalue weighted by Crippen LogP contribution is 2.55. The lowest BCUT2D eigenvalue weighted by atomic mass is 9.63. The van der Waals surface area contributed by atoms with E-state index in [1.807, 2.05) is 11.3 Å². The molecule has 0 fully saturated rings. The van der Waals surface area contributed by atoms with E-state index in [9.17, 15) is 0 Å². The molecule has 0 amide bonds. The Morgan fingerprint density at radius 1 is 0.422 bits per heavy atom. The molecule has 8 rings (SSSR count). The third-order valence-electron chi connectivity index (χ3n) is 15.2. The number of nitrogens with zero attached hydrogens (tertiary/aromatic N) is 2. The fraction of sp³-hybridized carbons (Fsp3) is 0.467. The van der Waals surface area contributed by atoms with Crippen molar-refractivity contribution in [2.45, 2.75) is 181 Å².